The third kappa shape index (κ3) is 5.74. The van der Waals surface area contributed by atoms with Crippen LogP contribution in [0.2, 0.25) is 5.02 Å². The summed E-state index contributed by atoms with van der Waals surface area (Å²) >= 11 is 7.62. The highest BCUT2D eigenvalue weighted by Gasteiger charge is 2.18. The van der Waals surface area contributed by atoms with Crippen molar-refractivity contribution in [2.75, 3.05) is 45.1 Å². The average molecular weight is 471 g/mol. The number of nitrogens with zero attached hydrogens (tertiary/aromatic N) is 5. The van der Waals surface area contributed by atoms with Crippen LogP contribution < -0.4 is 5.32 Å². The van der Waals surface area contributed by atoms with Crippen molar-refractivity contribution in [3.05, 3.63) is 58.3 Å². The van der Waals surface area contributed by atoms with E-state index in [-0.39, 0.29) is 18.1 Å². The van der Waals surface area contributed by atoms with Crippen molar-refractivity contribution in [2.24, 2.45) is 0 Å². The van der Waals surface area contributed by atoms with Crippen LogP contribution in [0.1, 0.15) is 15.4 Å². The maximum Gasteiger partial charge on any atom is 0.238 e. The van der Waals surface area contributed by atoms with E-state index in [0.29, 0.717) is 32.8 Å². The predicted molar refractivity (Wildman–Crippen MR) is 125 cm³/mol. The molecule has 0 spiro atoms. The van der Waals surface area contributed by atoms with Crippen LogP contribution in [0.25, 0.3) is 10.6 Å². The third-order valence-electron chi connectivity index (χ3n) is 5.21. The van der Waals surface area contributed by atoms with Crippen molar-refractivity contribution in [2.45, 2.75) is 6.42 Å². The van der Waals surface area contributed by atoms with Crippen LogP contribution in [0.5, 0.6) is 0 Å². The molecule has 2 aromatic heterocycles. The number of anilines is 1. The van der Waals surface area contributed by atoms with E-state index >= 15 is 0 Å². The highest BCUT2D eigenvalue weighted by Crippen LogP contribution is 2.26. The SMILES string of the molecule is CN1CCN(CC(=O)Nc2cc(C(=O)Cc3nnc(-c4cccnc4)s3)ccc2Cl)CC1. The van der Waals surface area contributed by atoms with Gasteiger partial charge in [-0.3, -0.25) is 19.5 Å². The summed E-state index contributed by atoms with van der Waals surface area (Å²) in [5.74, 6) is -0.267. The lowest BCUT2D eigenvalue weighted by Gasteiger charge is -2.31. The molecular weight excluding hydrogens is 448 g/mol. The van der Waals surface area contributed by atoms with Crippen molar-refractivity contribution < 1.29 is 9.59 Å². The molecule has 1 aliphatic rings. The van der Waals surface area contributed by atoms with Crippen LogP contribution in [-0.4, -0.2) is 76.4 Å². The number of benzene rings is 1. The quantitative estimate of drug-likeness (QED) is 0.531. The molecule has 1 N–H and O–H groups in total. The van der Waals surface area contributed by atoms with Crippen LogP contribution in [0.3, 0.4) is 0 Å². The molecule has 0 atom stereocenters. The Labute approximate surface area is 195 Å². The van der Waals surface area contributed by atoms with Gasteiger partial charge in [0.25, 0.3) is 0 Å². The van der Waals surface area contributed by atoms with Gasteiger partial charge in [0.15, 0.2) is 5.78 Å². The van der Waals surface area contributed by atoms with E-state index in [9.17, 15) is 9.59 Å². The Morgan fingerprint density at radius 3 is 2.72 bits per heavy atom. The number of aromatic nitrogens is 3. The Morgan fingerprint density at radius 2 is 1.97 bits per heavy atom. The van der Waals surface area contributed by atoms with E-state index in [0.717, 1.165) is 31.7 Å². The zero-order valence-corrected chi connectivity index (χ0v) is 19.2. The number of likely N-dealkylation sites (N-methyl/N-ethyl adjacent to an activating group) is 1. The first-order valence-electron chi connectivity index (χ1n) is 10.2. The molecule has 1 fully saturated rings. The van der Waals surface area contributed by atoms with Gasteiger partial charge in [-0.2, -0.15) is 0 Å². The Balaban J connectivity index is 1.39. The first-order valence-corrected chi connectivity index (χ1v) is 11.4. The molecule has 0 bridgehead atoms. The normalized spacial score (nSPS) is 14.9. The molecular formula is C22H23ClN6O2S. The standard InChI is InChI=1S/C22H23ClN6O2S/c1-28-7-9-29(10-8-28)14-20(31)25-18-11-15(4-5-17(18)23)19(30)12-21-26-27-22(32-21)16-3-2-6-24-13-16/h2-6,11,13H,7-10,12,14H2,1H3,(H,25,31). The number of hydrogen-bond donors (Lipinski definition) is 1. The number of rotatable bonds is 7. The number of pyridine rings is 1. The zero-order chi connectivity index (χ0) is 22.5. The molecule has 3 heterocycles. The Bertz CT molecular complexity index is 1100. The minimum Gasteiger partial charge on any atom is -0.324 e. The average Bonchev–Trinajstić information content (AvgIpc) is 3.26. The van der Waals surface area contributed by atoms with Crippen LogP contribution >= 0.6 is 22.9 Å². The molecule has 32 heavy (non-hydrogen) atoms. The molecule has 0 aliphatic carbocycles. The van der Waals surface area contributed by atoms with Crippen LogP contribution in [-0.2, 0) is 11.2 Å². The molecule has 8 nitrogen and oxygen atoms in total. The first kappa shape index (κ1) is 22.5. The van der Waals surface area contributed by atoms with E-state index in [4.69, 9.17) is 11.6 Å². The fourth-order valence-corrected chi connectivity index (χ4v) is 4.36. The Hall–Kier alpha value is -2.72. The van der Waals surface area contributed by atoms with Gasteiger partial charge in [0, 0.05) is 49.7 Å². The van der Waals surface area contributed by atoms with Gasteiger partial charge in [-0.05, 0) is 37.4 Å². The topological polar surface area (TPSA) is 91.3 Å². The van der Waals surface area contributed by atoms with E-state index in [1.54, 1.807) is 30.6 Å². The number of ketones is 1. The molecule has 1 aliphatic heterocycles. The summed E-state index contributed by atoms with van der Waals surface area (Å²) in [6, 6.07) is 8.63. The van der Waals surface area contributed by atoms with Crippen molar-refractivity contribution >= 4 is 40.3 Å². The maximum atomic E-state index is 12.8. The van der Waals surface area contributed by atoms with Crippen molar-refractivity contribution in [3.8, 4) is 10.6 Å². The molecule has 166 valence electrons. The van der Waals surface area contributed by atoms with Crippen LogP contribution in [0.15, 0.2) is 42.7 Å². The molecule has 3 aromatic rings. The van der Waals surface area contributed by atoms with E-state index in [1.807, 2.05) is 12.1 Å². The second-order valence-corrected chi connectivity index (χ2v) is 9.13. The van der Waals surface area contributed by atoms with Gasteiger partial charge in [0.1, 0.15) is 10.0 Å². The van der Waals surface area contributed by atoms with E-state index in [1.165, 1.54) is 11.3 Å². The lowest BCUT2D eigenvalue weighted by Crippen LogP contribution is -2.47. The number of amides is 1. The minimum absolute atomic E-state index is 0.119. The maximum absolute atomic E-state index is 12.8. The molecule has 1 aromatic carbocycles. The molecule has 0 unspecified atom stereocenters. The number of halogens is 1. The fraction of sp³-hybridized carbons (Fsp3) is 0.318. The highest BCUT2D eigenvalue weighted by molar-refractivity contribution is 7.14. The largest absolute Gasteiger partial charge is 0.324 e. The molecule has 0 radical (unpaired) electrons. The first-order chi connectivity index (χ1) is 15.5. The van der Waals surface area contributed by atoms with Crippen molar-refractivity contribution in [1.29, 1.82) is 0 Å². The molecule has 1 saturated heterocycles. The number of hydrogen-bond acceptors (Lipinski definition) is 8. The lowest BCUT2D eigenvalue weighted by atomic mass is 10.1. The van der Waals surface area contributed by atoms with Crippen LogP contribution in [0.4, 0.5) is 5.69 Å². The summed E-state index contributed by atoms with van der Waals surface area (Å²) in [6.07, 6.45) is 3.52. The number of carbonyl (C=O) groups is 2. The van der Waals surface area contributed by atoms with Gasteiger partial charge in [-0.25, -0.2) is 0 Å². The number of carbonyl (C=O) groups excluding carboxylic acids is 2. The smallest absolute Gasteiger partial charge is 0.238 e. The van der Waals surface area contributed by atoms with Crippen molar-refractivity contribution in [3.63, 3.8) is 0 Å². The summed E-state index contributed by atoms with van der Waals surface area (Å²) in [6.45, 7) is 3.86. The second-order valence-electron chi connectivity index (χ2n) is 7.66. The van der Waals surface area contributed by atoms with Gasteiger partial charge >= 0.3 is 0 Å². The lowest BCUT2D eigenvalue weighted by molar-refractivity contribution is -0.117. The summed E-state index contributed by atoms with van der Waals surface area (Å²) in [5.41, 5.74) is 1.76. The summed E-state index contributed by atoms with van der Waals surface area (Å²) < 4.78 is 0. The van der Waals surface area contributed by atoms with E-state index in [2.05, 4.69) is 37.3 Å². The van der Waals surface area contributed by atoms with Gasteiger partial charge in [0.2, 0.25) is 5.91 Å². The Morgan fingerprint density at radius 1 is 1.16 bits per heavy atom. The molecule has 4 rings (SSSR count). The Kier molecular flexibility index (Phi) is 7.21. The molecule has 0 saturated carbocycles. The van der Waals surface area contributed by atoms with Crippen molar-refractivity contribution in [1.82, 2.24) is 25.0 Å². The van der Waals surface area contributed by atoms with Gasteiger partial charge in [-0.1, -0.05) is 22.9 Å². The third-order valence-corrected chi connectivity index (χ3v) is 6.51. The minimum atomic E-state index is -0.147. The number of nitrogens with one attached hydrogen (secondary N) is 1. The van der Waals surface area contributed by atoms with Crippen LogP contribution in [0, 0.1) is 0 Å². The summed E-state index contributed by atoms with van der Waals surface area (Å²) in [7, 11) is 2.07. The zero-order valence-electron chi connectivity index (χ0n) is 17.6. The monoisotopic (exact) mass is 470 g/mol. The highest BCUT2D eigenvalue weighted by atomic mass is 35.5. The van der Waals surface area contributed by atoms with Gasteiger partial charge < -0.3 is 10.2 Å². The molecule has 10 heteroatoms. The number of piperazine rings is 1. The number of Topliss-reactive ketones (excluding diaryl/α,β-unsaturated/α-hetero) is 1. The van der Waals surface area contributed by atoms with Gasteiger partial charge in [0.05, 0.1) is 23.7 Å². The van der Waals surface area contributed by atoms with Gasteiger partial charge in [-0.15, -0.1) is 10.2 Å². The summed E-state index contributed by atoms with van der Waals surface area (Å²) in [4.78, 5) is 33.7. The predicted octanol–water partition coefficient (Wildman–Crippen LogP) is 2.86. The second kappa shape index (κ2) is 10.3. The van der Waals surface area contributed by atoms with E-state index < -0.39 is 0 Å². The fourth-order valence-electron chi connectivity index (χ4n) is 3.36. The molecule has 1 amide bonds. The summed E-state index contributed by atoms with van der Waals surface area (Å²) in [5, 5.41) is 12.9.